The molecule has 0 unspecified atom stereocenters. The predicted octanol–water partition coefficient (Wildman–Crippen LogP) is 2.55. The van der Waals surface area contributed by atoms with Crippen LogP contribution >= 0.6 is 0 Å². The van der Waals surface area contributed by atoms with Gasteiger partial charge in [-0.05, 0) is 42.5 Å². The maximum absolute atomic E-state index is 13.2. The second kappa shape index (κ2) is 4.32. The van der Waals surface area contributed by atoms with Crippen LogP contribution in [0.4, 0.5) is 4.39 Å². The van der Waals surface area contributed by atoms with E-state index in [1.807, 2.05) is 6.07 Å². The zero-order valence-corrected chi connectivity index (χ0v) is 9.62. The van der Waals surface area contributed by atoms with E-state index in [2.05, 4.69) is 16.4 Å². The van der Waals surface area contributed by atoms with Gasteiger partial charge < -0.3 is 5.32 Å². The first-order valence-electron chi connectivity index (χ1n) is 6.03. The quantitative estimate of drug-likeness (QED) is 0.829. The molecule has 3 heteroatoms. The number of aryl methyl sites for hydroxylation is 1. The van der Waals surface area contributed by atoms with Crippen molar-refractivity contribution in [3.05, 3.63) is 40.7 Å². The van der Waals surface area contributed by atoms with Crippen LogP contribution in [0.3, 0.4) is 0 Å². The largest absolute Gasteiger partial charge is 0.372 e. The van der Waals surface area contributed by atoms with Crippen LogP contribution < -0.4 is 5.32 Å². The van der Waals surface area contributed by atoms with Crippen LogP contribution in [0.2, 0.25) is 0 Å². The molecule has 0 aromatic heterocycles. The summed E-state index contributed by atoms with van der Waals surface area (Å²) >= 11 is 0. The van der Waals surface area contributed by atoms with Crippen molar-refractivity contribution < 1.29 is 4.39 Å². The third kappa shape index (κ3) is 2.23. The fourth-order valence-corrected chi connectivity index (χ4v) is 2.51. The zero-order valence-electron chi connectivity index (χ0n) is 9.62. The highest BCUT2D eigenvalue weighted by Crippen LogP contribution is 2.27. The van der Waals surface area contributed by atoms with Gasteiger partial charge in [-0.2, -0.15) is 0 Å². The molecule has 0 bridgehead atoms. The summed E-state index contributed by atoms with van der Waals surface area (Å²) in [5.41, 5.74) is 3.70. The Kier molecular flexibility index (Phi) is 2.67. The minimum absolute atomic E-state index is 0.149. The van der Waals surface area contributed by atoms with Crippen LogP contribution in [0.1, 0.15) is 24.0 Å². The van der Waals surface area contributed by atoms with Gasteiger partial charge >= 0.3 is 0 Å². The van der Waals surface area contributed by atoms with E-state index in [0.29, 0.717) is 6.04 Å². The van der Waals surface area contributed by atoms with Gasteiger partial charge in [0.25, 0.3) is 0 Å². The highest BCUT2D eigenvalue weighted by atomic mass is 19.1. The van der Waals surface area contributed by atoms with Crippen molar-refractivity contribution in [2.45, 2.75) is 25.3 Å². The molecule has 3 rings (SSSR count). The van der Waals surface area contributed by atoms with E-state index in [9.17, 15) is 4.39 Å². The molecular formula is C14H15FN2. The Bertz CT molecular complexity index is 483. The van der Waals surface area contributed by atoms with Gasteiger partial charge in [0.1, 0.15) is 5.82 Å². The Hall–Kier alpha value is -1.64. The van der Waals surface area contributed by atoms with Gasteiger partial charge in [-0.25, -0.2) is 4.39 Å². The van der Waals surface area contributed by atoms with Crippen molar-refractivity contribution in [3.63, 3.8) is 0 Å². The van der Waals surface area contributed by atoms with Gasteiger partial charge in [-0.1, -0.05) is 17.7 Å². The minimum Gasteiger partial charge on any atom is -0.372 e. The minimum atomic E-state index is -0.149. The highest BCUT2D eigenvalue weighted by Gasteiger charge is 2.16. The third-order valence-electron chi connectivity index (χ3n) is 3.42. The summed E-state index contributed by atoms with van der Waals surface area (Å²) < 4.78 is 13.2. The van der Waals surface area contributed by atoms with Crippen molar-refractivity contribution in [2.24, 2.45) is 4.99 Å². The monoisotopic (exact) mass is 230 g/mol. The molecule has 2 aliphatic rings. The van der Waals surface area contributed by atoms with E-state index < -0.39 is 0 Å². The van der Waals surface area contributed by atoms with Crippen LogP contribution in [-0.4, -0.2) is 18.9 Å². The van der Waals surface area contributed by atoms with Crippen molar-refractivity contribution >= 4 is 12.4 Å². The van der Waals surface area contributed by atoms with Crippen molar-refractivity contribution in [1.29, 1.82) is 0 Å². The predicted molar refractivity (Wildman–Crippen MR) is 67.6 cm³/mol. The lowest BCUT2D eigenvalue weighted by Crippen LogP contribution is -2.25. The SMILES string of the molecule is Fc1ccc2c(c1)C=C(C[C@H]1CN=CN1)CC2. The van der Waals surface area contributed by atoms with Crippen LogP contribution in [0.5, 0.6) is 0 Å². The maximum atomic E-state index is 13.2. The lowest BCUT2D eigenvalue weighted by molar-refractivity contribution is 0.623. The molecule has 0 spiro atoms. The number of aliphatic imine (C=N–C) groups is 1. The Balaban J connectivity index is 1.79. The van der Waals surface area contributed by atoms with Crippen LogP contribution in [-0.2, 0) is 6.42 Å². The second-order valence-electron chi connectivity index (χ2n) is 4.71. The van der Waals surface area contributed by atoms with Gasteiger partial charge in [0, 0.05) is 0 Å². The third-order valence-corrected chi connectivity index (χ3v) is 3.42. The first-order valence-corrected chi connectivity index (χ1v) is 6.03. The summed E-state index contributed by atoms with van der Waals surface area (Å²) in [7, 11) is 0. The van der Waals surface area contributed by atoms with E-state index in [1.165, 1.54) is 11.1 Å². The molecule has 0 saturated carbocycles. The van der Waals surface area contributed by atoms with Gasteiger partial charge in [0.05, 0.1) is 18.9 Å². The number of halogens is 1. The molecule has 0 amide bonds. The number of benzene rings is 1. The molecule has 0 radical (unpaired) electrons. The van der Waals surface area contributed by atoms with E-state index in [-0.39, 0.29) is 5.82 Å². The van der Waals surface area contributed by atoms with Gasteiger partial charge in [-0.3, -0.25) is 4.99 Å². The molecule has 0 saturated heterocycles. The molecule has 1 aromatic rings. The number of hydrogen-bond donors (Lipinski definition) is 1. The summed E-state index contributed by atoms with van der Waals surface area (Å²) in [4.78, 5) is 4.17. The van der Waals surface area contributed by atoms with Crippen molar-refractivity contribution in [2.75, 3.05) is 6.54 Å². The average Bonchev–Trinajstić information content (AvgIpc) is 2.81. The number of nitrogens with one attached hydrogen (secondary N) is 1. The molecule has 2 nitrogen and oxygen atoms in total. The number of nitrogens with zero attached hydrogens (tertiary/aromatic N) is 1. The molecule has 1 aliphatic carbocycles. The van der Waals surface area contributed by atoms with Crippen LogP contribution in [0.15, 0.2) is 28.8 Å². The fraction of sp³-hybridized carbons (Fsp3) is 0.357. The smallest absolute Gasteiger partial charge is 0.123 e. The average molecular weight is 230 g/mol. The normalized spacial score (nSPS) is 21.9. The molecule has 1 N–H and O–H groups in total. The van der Waals surface area contributed by atoms with Crippen LogP contribution in [0.25, 0.3) is 6.08 Å². The fourth-order valence-electron chi connectivity index (χ4n) is 2.51. The van der Waals surface area contributed by atoms with Crippen molar-refractivity contribution in [1.82, 2.24) is 5.32 Å². The topological polar surface area (TPSA) is 24.4 Å². The Morgan fingerprint density at radius 3 is 3.12 bits per heavy atom. The highest BCUT2D eigenvalue weighted by molar-refractivity contribution is 5.61. The van der Waals surface area contributed by atoms with E-state index in [0.717, 1.165) is 31.4 Å². The van der Waals surface area contributed by atoms with Crippen molar-refractivity contribution in [3.8, 4) is 0 Å². The molecule has 1 aromatic carbocycles. The summed E-state index contributed by atoms with van der Waals surface area (Å²) in [5, 5.41) is 3.23. The lowest BCUT2D eigenvalue weighted by Gasteiger charge is -2.19. The van der Waals surface area contributed by atoms with E-state index in [1.54, 1.807) is 18.5 Å². The number of hydrogen-bond acceptors (Lipinski definition) is 2. The number of fused-ring (bicyclic) bond motifs is 1. The zero-order chi connectivity index (χ0) is 11.7. The standard InChI is InChI=1S/C14H15FN2/c15-13-4-3-11-2-1-10(5-12(11)7-13)6-14-8-16-9-17-14/h3-5,7,9,14H,1-2,6,8H2,(H,16,17)/t14-/m0/s1. The second-order valence-corrected chi connectivity index (χ2v) is 4.71. The lowest BCUT2D eigenvalue weighted by atomic mass is 9.89. The van der Waals surface area contributed by atoms with E-state index >= 15 is 0 Å². The Morgan fingerprint density at radius 1 is 1.35 bits per heavy atom. The first kappa shape index (κ1) is 10.5. The van der Waals surface area contributed by atoms with Crippen LogP contribution in [0, 0.1) is 5.82 Å². The molecule has 17 heavy (non-hydrogen) atoms. The summed E-state index contributed by atoms with van der Waals surface area (Å²) in [6.45, 7) is 0.855. The van der Waals surface area contributed by atoms with Gasteiger partial charge in [-0.15, -0.1) is 0 Å². The summed E-state index contributed by atoms with van der Waals surface area (Å²) in [5.74, 6) is -0.149. The summed E-state index contributed by atoms with van der Waals surface area (Å²) in [6.07, 6.45) is 7.03. The van der Waals surface area contributed by atoms with Gasteiger partial charge in [0.15, 0.2) is 0 Å². The van der Waals surface area contributed by atoms with Gasteiger partial charge in [0.2, 0.25) is 0 Å². The maximum Gasteiger partial charge on any atom is 0.123 e. The molecule has 1 atom stereocenters. The molecule has 0 fully saturated rings. The first-order chi connectivity index (χ1) is 8.31. The van der Waals surface area contributed by atoms with E-state index in [4.69, 9.17) is 0 Å². The Labute approximate surface area is 100 Å². The molecule has 1 heterocycles. The molecule has 1 aliphatic heterocycles. The Morgan fingerprint density at radius 2 is 2.29 bits per heavy atom. The number of rotatable bonds is 2. The summed E-state index contributed by atoms with van der Waals surface area (Å²) in [6, 6.07) is 5.50. The molecule has 88 valence electrons. The molecular weight excluding hydrogens is 215 g/mol.